The van der Waals surface area contributed by atoms with E-state index in [1.807, 2.05) is 0 Å². The van der Waals surface area contributed by atoms with Gasteiger partial charge in [0.15, 0.2) is 0 Å². The lowest BCUT2D eigenvalue weighted by Crippen LogP contribution is -2.56. The van der Waals surface area contributed by atoms with Crippen molar-refractivity contribution >= 4 is 0 Å². The van der Waals surface area contributed by atoms with Gasteiger partial charge in [-0.15, -0.1) is 0 Å². The third kappa shape index (κ3) is 1.98. The fourth-order valence-corrected chi connectivity index (χ4v) is 10.1. The molecule has 0 aromatic rings. The predicted molar refractivity (Wildman–Crippen MR) is 115 cm³/mol. The molecule has 0 radical (unpaired) electrons. The molecular formula is C25H42N2O. The van der Waals surface area contributed by atoms with Gasteiger partial charge in [-0.05, 0) is 106 Å². The van der Waals surface area contributed by atoms with Gasteiger partial charge >= 0.3 is 0 Å². The number of fused-ring (bicyclic) bond motifs is 2. The summed E-state index contributed by atoms with van der Waals surface area (Å²) in [7, 11) is 4.17. The average Bonchev–Trinajstić information content (AvgIpc) is 3.27. The highest BCUT2D eigenvalue weighted by atomic mass is 16.3. The molecule has 0 aromatic carbocycles. The van der Waals surface area contributed by atoms with Crippen LogP contribution in [0, 0.1) is 39.4 Å². The van der Waals surface area contributed by atoms with Gasteiger partial charge in [-0.2, -0.15) is 0 Å². The van der Waals surface area contributed by atoms with Crippen molar-refractivity contribution in [2.45, 2.75) is 90.3 Å². The molecule has 158 valence electrons. The van der Waals surface area contributed by atoms with E-state index in [-0.39, 0.29) is 16.9 Å². The zero-order valence-corrected chi connectivity index (χ0v) is 18.8. The maximum Gasteiger partial charge on any atom is 0.0594 e. The second-order valence-electron chi connectivity index (χ2n) is 11.8. The molecule has 0 aromatic heterocycles. The van der Waals surface area contributed by atoms with Crippen molar-refractivity contribution < 1.29 is 5.11 Å². The molecule has 2 spiro atoms. The van der Waals surface area contributed by atoms with E-state index in [9.17, 15) is 5.11 Å². The predicted octanol–water partition coefficient (Wildman–Crippen LogP) is 4.12. The first-order chi connectivity index (χ1) is 13.2. The van der Waals surface area contributed by atoms with E-state index in [2.05, 4.69) is 52.1 Å². The van der Waals surface area contributed by atoms with Crippen LogP contribution in [0.5, 0.6) is 0 Å². The highest BCUT2D eigenvalue weighted by Crippen LogP contribution is 2.87. The molecule has 0 aliphatic heterocycles. The molecular weight excluding hydrogens is 344 g/mol. The molecule has 3 nitrogen and oxygen atoms in total. The van der Waals surface area contributed by atoms with Crippen LogP contribution < -0.4 is 10.6 Å². The van der Waals surface area contributed by atoms with Crippen LogP contribution in [0.4, 0.5) is 0 Å². The van der Waals surface area contributed by atoms with Gasteiger partial charge in [0.2, 0.25) is 0 Å². The lowest BCUT2D eigenvalue weighted by atomic mass is 9.43. The quantitative estimate of drug-likeness (QED) is 0.639. The first kappa shape index (κ1) is 19.6. The molecule has 5 aliphatic carbocycles. The summed E-state index contributed by atoms with van der Waals surface area (Å²) in [5.74, 6) is 1.90. The number of likely N-dealkylation sites (N-methyl/N-ethyl adjacent to an activating group) is 1. The Balaban J connectivity index is 1.51. The standard InChI is InChI=1S/C25H42N2O/c1-15-17-7-8-20-23(4)13-19(28)21(16(2)26-5)22(23,3)11-12-25(20)14-24(17,25)10-9-18(15)27-6/h16-21,26-28H,1,7-14H2,2-6H3/t16?,17-,18-,19+,20?,21?,22?,23-,24?,25?/m0/s1. The van der Waals surface area contributed by atoms with Gasteiger partial charge in [-0.25, -0.2) is 0 Å². The third-order valence-corrected chi connectivity index (χ3v) is 11.6. The number of hydrogen-bond donors (Lipinski definition) is 3. The van der Waals surface area contributed by atoms with E-state index in [0.29, 0.717) is 28.8 Å². The number of hydrogen-bond acceptors (Lipinski definition) is 3. The molecule has 6 unspecified atom stereocenters. The summed E-state index contributed by atoms with van der Waals surface area (Å²) in [4.78, 5) is 0. The van der Waals surface area contributed by atoms with Gasteiger partial charge in [-0.3, -0.25) is 0 Å². The fourth-order valence-electron chi connectivity index (χ4n) is 10.1. The van der Waals surface area contributed by atoms with Gasteiger partial charge in [-0.1, -0.05) is 26.0 Å². The molecule has 0 heterocycles. The zero-order valence-electron chi connectivity index (χ0n) is 18.8. The maximum absolute atomic E-state index is 11.2. The van der Waals surface area contributed by atoms with Crippen LogP contribution in [0.25, 0.3) is 0 Å². The molecule has 5 saturated carbocycles. The van der Waals surface area contributed by atoms with E-state index in [1.165, 1.54) is 50.5 Å². The second-order valence-corrected chi connectivity index (χ2v) is 11.8. The van der Waals surface area contributed by atoms with Crippen LogP contribution in [0.3, 0.4) is 0 Å². The van der Waals surface area contributed by atoms with E-state index in [0.717, 1.165) is 18.3 Å². The summed E-state index contributed by atoms with van der Waals surface area (Å²) in [6.45, 7) is 12.0. The molecule has 5 rings (SSSR count). The largest absolute Gasteiger partial charge is 0.393 e. The molecule has 5 aliphatic rings. The van der Waals surface area contributed by atoms with Crippen molar-refractivity contribution in [3.05, 3.63) is 12.2 Å². The van der Waals surface area contributed by atoms with Gasteiger partial charge in [0, 0.05) is 18.0 Å². The SMILES string of the molecule is C=C1[C@@H](NC)CCC23CC24CCC2(C)C(C(C)NC)[C@H](O)C[C@@]2(C)C4CC[C@@H]13. The third-order valence-electron chi connectivity index (χ3n) is 11.6. The first-order valence-electron chi connectivity index (χ1n) is 11.9. The Labute approximate surface area is 172 Å². The Morgan fingerprint density at radius 2 is 1.79 bits per heavy atom. The van der Waals surface area contributed by atoms with Crippen molar-refractivity contribution in [3.63, 3.8) is 0 Å². The van der Waals surface area contributed by atoms with Crippen LogP contribution in [-0.4, -0.2) is 37.4 Å². The van der Waals surface area contributed by atoms with E-state index in [4.69, 9.17) is 0 Å². The molecule has 0 bridgehead atoms. The Morgan fingerprint density at radius 3 is 2.46 bits per heavy atom. The first-order valence-corrected chi connectivity index (χ1v) is 11.9. The second kappa shape index (κ2) is 5.86. The van der Waals surface area contributed by atoms with Crippen LogP contribution in [0.2, 0.25) is 0 Å². The summed E-state index contributed by atoms with van der Waals surface area (Å²) >= 11 is 0. The lowest BCUT2D eigenvalue weighted by molar-refractivity contribution is -0.120. The molecule has 5 fully saturated rings. The lowest BCUT2D eigenvalue weighted by Gasteiger charge is -2.61. The summed E-state index contributed by atoms with van der Waals surface area (Å²) in [6, 6.07) is 0.912. The molecule has 0 amide bonds. The van der Waals surface area contributed by atoms with Crippen molar-refractivity contribution in [3.8, 4) is 0 Å². The molecule has 10 atom stereocenters. The number of nitrogens with one attached hydrogen (secondary N) is 2. The fraction of sp³-hybridized carbons (Fsp3) is 0.920. The van der Waals surface area contributed by atoms with Gasteiger partial charge in [0.05, 0.1) is 6.10 Å². The van der Waals surface area contributed by atoms with Crippen LogP contribution >= 0.6 is 0 Å². The summed E-state index contributed by atoms with van der Waals surface area (Å²) in [6.07, 6.45) is 10.3. The molecule has 3 heteroatoms. The monoisotopic (exact) mass is 386 g/mol. The van der Waals surface area contributed by atoms with Gasteiger partial charge in [0.25, 0.3) is 0 Å². The molecule has 28 heavy (non-hydrogen) atoms. The highest BCUT2D eigenvalue weighted by Gasteiger charge is 2.81. The maximum atomic E-state index is 11.2. The minimum Gasteiger partial charge on any atom is -0.393 e. The minimum absolute atomic E-state index is 0.157. The normalized spacial score (nSPS) is 58.4. The topological polar surface area (TPSA) is 44.3 Å². The van der Waals surface area contributed by atoms with Gasteiger partial charge < -0.3 is 15.7 Å². The van der Waals surface area contributed by atoms with Crippen molar-refractivity contribution in [2.75, 3.05) is 14.1 Å². The summed E-state index contributed by atoms with van der Waals surface area (Å²) < 4.78 is 0. The van der Waals surface area contributed by atoms with E-state index >= 15 is 0 Å². The summed E-state index contributed by atoms with van der Waals surface area (Å²) in [5.41, 5.74) is 3.12. The number of aliphatic hydroxyl groups is 1. The van der Waals surface area contributed by atoms with Gasteiger partial charge in [0.1, 0.15) is 0 Å². The number of rotatable bonds is 3. The van der Waals surface area contributed by atoms with E-state index < -0.39 is 0 Å². The van der Waals surface area contributed by atoms with Crippen molar-refractivity contribution in [2.24, 2.45) is 39.4 Å². The Bertz CT molecular complexity index is 692. The van der Waals surface area contributed by atoms with Crippen LogP contribution in [-0.2, 0) is 0 Å². The summed E-state index contributed by atoms with van der Waals surface area (Å²) in [5, 5.41) is 18.2. The Hall–Kier alpha value is -0.380. The Kier molecular flexibility index (Phi) is 4.09. The smallest absolute Gasteiger partial charge is 0.0594 e. The van der Waals surface area contributed by atoms with E-state index in [1.54, 1.807) is 0 Å². The zero-order chi connectivity index (χ0) is 20.1. The van der Waals surface area contributed by atoms with Crippen molar-refractivity contribution in [1.29, 1.82) is 0 Å². The van der Waals surface area contributed by atoms with Crippen LogP contribution in [0.1, 0.15) is 72.1 Å². The molecule has 0 saturated heterocycles. The Morgan fingerprint density at radius 1 is 1.04 bits per heavy atom. The number of aliphatic hydroxyl groups excluding tert-OH is 1. The van der Waals surface area contributed by atoms with Crippen molar-refractivity contribution in [1.82, 2.24) is 10.6 Å². The highest BCUT2D eigenvalue weighted by molar-refractivity contribution is 5.35. The average molecular weight is 387 g/mol. The minimum atomic E-state index is -0.157. The van der Waals surface area contributed by atoms with Crippen LogP contribution in [0.15, 0.2) is 12.2 Å². The molecule has 3 N–H and O–H groups in total.